The summed E-state index contributed by atoms with van der Waals surface area (Å²) in [5.41, 5.74) is -0.569. The quantitative estimate of drug-likeness (QED) is 0.468. The largest absolute Gasteiger partial charge is 0.468 e. The molecule has 4 heteroatoms. The number of nitrogens with one attached hydrogen (secondary N) is 1. The van der Waals surface area contributed by atoms with E-state index in [9.17, 15) is 4.79 Å². The smallest absolute Gasteiger partial charge is 0.325 e. The first-order chi connectivity index (χ1) is 9.41. The molecule has 0 rings (SSSR count). The second kappa shape index (κ2) is 10.2. The van der Waals surface area contributed by atoms with Crippen molar-refractivity contribution in [1.82, 2.24) is 10.2 Å². The molecular weight excluding hydrogens is 252 g/mol. The Morgan fingerprint density at radius 1 is 1.25 bits per heavy atom. The molecule has 120 valence electrons. The Hall–Kier alpha value is -0.610. The lowest BCUT2D eigenvalue weighted by Crippen LogP contribution is -2.48. The van der Waals surface area contributed by atoms with Crippen molar-refractivity contribution in [2.75, 3.05) is 27.2 Å². The minimum atomic E-state index is -0.569. The summed E-state index contributed by atoms with van der Waals surface area (Å²) in [6.45, 7) is 10.8. The third-order valence-electron chi connectivity index (χ3n) is 4.09. The summed E-state index contributed by atoms with van der Waals surface area (Å²) in [4.78, 5) is 14.3. The van der Waals surface area contributed by atoms with Gasteiger partial charge in [-0.2, -0.15) is 0 Å². The first-order valence-electron chi connectivity index (χ1n) is 7.92. The first kappa shape index (κ1) is 19.4. The summed E-state index contributed by atoms with van der Waals surface area (Å²) >= 11 is 0. The monoisotopic (exact) mass is 286 g/mol. The van der Waals surface area contributed by atoms with E-state index in [0.29, 0.717) is 6.04 Å². The number of ether oxygens (including phenoxy) is 1. The Balaban J connectivity index is 4.24. The van der Waals surface area contributed by atoms with E-state index in [2.05, 4.69) is 31.0 Å². The van der Waals surface area contributed by atoms with Gasteiger partial charge in [0.05, 0.1) is 7.11 Å². The van der Waals surface area contributed by atoms with Crippen LogP contribution in [0.3, 0.4) is 0 Å². The van der Waals surface area contributed by atoms with Crippen LogP contribution in [0, 0.1) is 0 Å². The minimum Gasteiger partial charge on any atom is -0.468 e. The van der Waals surface area contributed by atoms with Crippen LogP contribution in [0.25, 0.3) is 0 Å². The van der Waals surface area contributed by atoms with Crippen molar-refractivity contribution in [3.63, 3.8) is 0 Å². The third kappa shape index (κ3) is 6.71. The van der Waals surface area contributed by atoms with Gasteiger partial charge in [-0.05, 0) is 60.2 Å². The summed E-state index contributed by atoms with van der Waals surface area (Å²) in [7, 11) is 3.27. The van der Waals surface area contributed by atoms with Gasteiger partial charge in [0, 0.05) is 6.04 Å². The Kier molecular flexibility index (Phi) is 9.86. The van der Waals surface area contributed by atoms with Crippen LogP contribution in [-0.2, 0) is 9.53 Å². The lowest BCUT2D eigenvalue weighted by Gasteiger charge is -2.30. The van der Waals surface area contributed by atoms with Crippen molar-refractivity contribution in [2.45, 2.75) is 71.4 Å². The number of likely N-dealkylation sites (N-methyl/N-ethyl adjacent to an activating group) is 1. The lowest BCUT2D eigenvalue weighted by atomic mass is 9.96. The molecular formula is C16H34N2O2. The fraction of sp³-hybridized carbons (Fsp3) is 0.938. The van der Waals surface area contributed by atoms with Gasteiger partial charge >= 0.3 is 5.97 Å². The molecule has 0 aliphatic heterocycles. The fourth-order valence-corrected chi connectivity index (χ4v) is 2.38. The Morgan fingerprint density at radius 2 is 1.85 bits per heavy atom. The highest BCUT2D eigenvalue weighted by molar-refractivity contribution is 5.80. The summed E-state index contributed by atoms with van der Waals surface area (Å²) in [6.07, 6.45) is 5.60. The Bertz CT molecular complexity index is 269. The zero-order valence-electron chi connectivity index (χ0n) is 14.3. The molecule has 0 fully saturated rings. The molecule has 0 aromatic carbocycles. The van der Waals surface area contributed by atoms with Crippen LogP contribution >= 0.6 is 0 Å². The molecule has 0 spiro atoms. The number of unbranched alkanes of at least 4 members (excludes halogenated alkanes) is 2. The Labute approximate surface area is 125 Å². The van der Waals surface area contributed by atoms with Gasteiger partial charge < -0.3 is 15.0 Å². The standard InChI is InChI=1S/C16H34N2O2/c1-7-8-9-12-18(14(2)3)13-10-11-16(4,17-5)15(19)20-6/h14,17H,7-13H2,1-6H3. The highest BCUT2D eigenvalue weighted by Crippen LogP contribution is 2.15. The number of hydrogen-bond donors (Lipinski definition) is 1. The number of nitrogens with zero attached hydrogens (tertiary/aromatic N) is 1. The maximum atomic E-state index is 11.8. The van der Waals surface area contributed by atoms with Gasteiger partial charge in [-0.3, -0.25) is 4.79 Å². The third-order valence-corrected chi connectivity index (χ3v) is 4.09. The van der Waals surface area contributed by atoms with E-state index < -0.39 is 5.54 Å². The molecule has 1 atom stereocenters. The van der Waals surface area contributed by atoms with E-state index in [4.69, 9.17) is 4.74 Å². The van der Waals surface area contributed by atoms with E-state index >= 15 is 0 Å². The van der Waals surface area contributed by atoms with E-state index in [0.717, 1.165) is 25.9 Å². The van der Waals surface area contributed by atoms with Gasteiger partial charge in [0.2, 0.25) is 0 Å². The van der Waals surface area contributed by atoms with Crippen molar-refractivity contribution < 1.29 is 9.53 Å². The number of carbonyl (C=O) groups excluding carboxylic acids is 1. The summed E-state index contributed by atoms with van der Waals surface area (Å²) < 4.78 is 4.88. The molecule has 4 nitrogen and oxygen atoms in total. The van der Waals surface area contributed by atoms with Crippen LogP contribution in [-0.4, -0.2) is 49.7 Å². The predicted octanol–water partition coefficient (Wildman–Crippen LogP) is 2.82. The fourth-order valence-electron chi connectivity index (χ4n) is 2.38. The number of methoxy groups -OCH3 is 1. The second-order valence-corrected chi connectivity index (χ2v) is 6.01. The van der Waals surface area contributed by atoms with Gasteiger partial charge in [0.1, 0.15) is 5.54 Å². The van der Waals surface area contributed by atoms with Crippen molar-refractivity contribution in [3.8, 4) is 0 Å². The van der Waals surface area contributed by atoms with Crippen LogP contribution in [0.15, 0.2) is 0 Å². The molecule has 0 aliphatic carbocycles. The van der Waals surface area contributed by atoms with Gasteiger partial charge in [-0.1, -0.05) is 19.8 Å². The van der Waals surface area contributed by atoms with Crippen molar-refractivity contribution >= 4 is 5.97 Å². The molecule has 0 radical (unpaired) electrons. The summed E-state index contributed by atoms with van der Waals surface area (Å²) in [5, 5.41) is 3.09. The van der Waals surface area contributed by atoms with Crippen molar-refractivity contribution in [3.05, 3.63) is 0 Å². The second-order valence-electron chi connectivity index (χ2n) is 6.01. The number of carbonyl (C=O) groups is 1. The average molecular weight is 286 g/mol. The SMILES string of the molecule is CCCCCN(CCCC(C)(NC)C(=O)OC)C(C)C. The van der Waals surface area contributed by atoms with Crippen molar-refractivity contribution in [2.24, 2.45) is 0 Å². The first-order valence-corrected chi connectivity index (χ1v) is 7.92. The van der Waals surface area contributed by atoms with E-state index in [1.54, 1.807) is 0 Å². The van der Waals surface area contributed by atoms with E-state index in [1.165, 1.54) is 26.4 Å². The molecule has 0 saturated carbocycles. The minimum absolute atomic E-state index is 0.179. The Morgan fingerprint density at radius 3 is 2.30 bits per heavy atom. The van der Waals surface area contributed by atoms with Crippen LogP contribution in [0.4, 0.5) is 0 Å². The van der Waals surface area contributed by atoms with Crippen molar-refractivity contribution in [1.29, 1.82) is 0 Å². The molecule has 0 aromatic rings. The maximum absolute atomic E-state index is 11.8. The molecule has 1 unspecified atom stereocenters. The van der Waals surface area contributed by atoms with Gasteiger partial charge in [-0.25, -0.2) is 0 Å². The number of esters is 1. The van der Waals surface area contributed by atoms with E-state index in [-0.39, 0.29) is 5.97 Å². The molecule has 0 bridgehead atoms. The highest BCUT2D eigenvalue weighted by Gasteiger charge is 2.31. The van der Waals surface area contributed by atoms with Crippen LogP contribution < -0.4 is 5.32 Å². The van der Waals surface area contributed by atoms with Gasteiger partial charge in [0.15, 0.2) is 0 Å². The van der Waals surface area contributed by atoms with E-state index in [1.807, 2.05) is 14.0 Å². The maximum Gasteiger partial charge on any atom is 0.325 e. The highest BCUT2D eigenvalue weighted by atomic mass is 16.5. The molecule has 0 heterocycles. The molecule has 0 amide bonds. The summed E-state index contributed by atoms with van der Waals surface area (Å²) in [5.74, 6) is -0.179. The van der Waals surface area contributed by atoms with Gasteiger partial charge in [-0.15, -0.1) is 0 Å². The molecule has 20 heavy (non-hydrogen) atoms. The lowest BCUT2D eigenvalue weighted by molar-refractivity contribution is -0.148. The molecule has 0 aliphatic rings. The molecule has 1 N–H and O–H groups in total. The average Bonchev–Trinajstić information content (AvgIpc) is 2.44. The van der Waals surface area contributed by atoms with Crippen LogP contribution in [0.1, 0.15) is 59.8 Å². The van der Waals surface area contributed by atoms with Crippen LogP contribution in [0.5, 0.6) is 0 Å². The number of rotatable bonds is 11. The zero-order chi connectivity index (χ0) is 15.6. The molecule has 0 aromatic heterocycles. The predicted molar refractivity (Wildman–Crippen MR) is 84.9 cm³/mol. The summed E-state index contributed by atoms with van der Waals surface area (Å²) in [6, 6.07) is 0.561. The van der Waals surface area contributed by atoms with Gasteiger partial charge in [0.25, 0.3) is 0 Å². The zero-order valence-corrected chi connectivity index (χ0v) is 14.3. The van der Waals surface area contributed by atoms with Crippen LogP contribution in [0.2, 0.25) is 0 Å². The topological polar surface area (TPSA) is 41.6 Å². The molecule has 0 saturated heterocycles. The number of hydrogen-bond acceptors (Lipinski definition) is 4. The normalized spacial score (nSPS) is 14.6.